The Hall–Kier alpha value is -2.42. The molecule has 19 heavy (non-hydrogen) atoms. The van der Waals surface area contributed by atoms with E-state index in [1.807, 2.05) is 0 Å². The quantitative estimate of drug-likeness (QED) is 0.616. The Balaban J connectivity index is 2.00. The van der Waals surface area contributed by atoms with Gasteiger partial charge in [0.2, 0.25) is 5.91 Å². The maximum atomic E-state index is 11.7. The number of rotatable bonds is 3. The first-order chi connectivity index (χ1) is 9.06. The van der Waals surface area contributed by atoms with Gasteiger partial charge in [-0.3, -0.25) is 19.7 Å². The molecule has 1 heterocycles. The van der Waals surface area contributed by atoms with Crippen LogP contribution in [-0.4, -0.2) is 27.7 Å². The van der Waals surface area contributed by atoms with Crippen molar-refractivity contribution in [3.8, 4) is 0 Å². The number of hydrogen-bond donors (Lipinski definition) is 2. The minimum Gasteiger partial charge on any atom is -0.303 e. The third-order valence-corrected chi connectivity index (χ3v) is 3.06. The fraction of sp³-hybridized carbons (Fsp3) is 0.100. The lowest BCUT2D eigenvalue weighted by Gasteiger charge is -2.00. The van der Waals surface area contributed by atoms with Gasteiger partial charge in [-0.2, -0.15) is 0 Å². The van der Waals surface area contributed by atoms with Crippen LogP contribution in [0.15, 0.2) is 29.4 Å². The second-order valence-electron chi connectivity index (χ2n) is 3.50. The number of carbonyl (C=O) groups is 2. The van der Waals surface area contributed by atoms with Crippen molar-refractivity contribution < 1.29 is 14.5 Å². The number of thioether (sulfide) groups is 1. The number of nitro groups is 1. The Morgan fingerprint density at radius 2 is 2.11 bits per heavy atom. The number of carbonyl (C=O) groups excluding carboxylic acids is 2. The predicted octanol–water partition coefficient (Wildman–Crippen LogP) is 0.459. The molecule has 2 amide bonds. The molecule has 0 bridgehead atoms. The summed E-state index contributed by atoms with van der Waals surface area (Å²) in [6, 6.07) is 5.12. The highest BCUT2D eigenvalue weighted by atomic mass is 32.2. The van der Waals surface area contributed by atoms with Gasteiger partial charge >= 0.3 is 0 Å². The fourth-order valence-corrected chi connectivity index (χ4v) is 1.92. The first-order valence-corrected chi connectivity index (χ1v) is 6.10. The lowest BCUT2D eigenvalue weighted by Crippen LogP contribution is -2.25. The summed E-state index contributed by atoms with van der Waals surface area (Å²) in [6.45, 7) is 0. The molecule has 1 aliphatic heterocycles. The highest BCUT2D eigenvalue weighted by Crippen LogP contribution is 2.12. The smallest absolute Gasteiger partial charge is 0.271 e. The Labute approximate surface area is 111 Å². The number of hydrazone groups is 1. The second-order valence-corrected chi connectivity index (χ2v) is 4.46. The van der Waals surface area contributed by atoms with E-state index >= 15 is 0 Å². The summed E-state index contributed by atoms with van der Waals surface area (Å²) in [6.07, 6.45) is 0. The Bertz CT molecular complexity index is 569. The van der Waals surface area contributed by atoms with Gasteiger partial charge in [0.1, 0.15) is 0 Å². The summed E-state index contributed by atoms with van der Waals surface area (Å²) in [4.78, 5) is 32.4. The summed E-state index contributed by atoms with van der Waals surface area (Å²) < 4.78 is 0. The minimum atomic E-state index is -0.549. The van der Waals surface area contributed by atoms with Crippen LogP contribution in [0.2, 0.25) is 0 Å². The molecule has 9 heteroatoms. The molecule has 8 nitrogen and oxygen atoms in total. The van der Waals surface area contributed by atoms with Gasteiger partial charge in [-0.25, -0.2) is 5.43 Å². The van der Waals surface area contributed by atoms with Crippen LogP contribution in [0.3, 0.4) is 0 Å². The molecule has 0 aliphatic carbocycles. The summed E-state index contributed by atoms with van der Waals surface area (Å²) in [5, 5.41) is 16.9. The molecule has 1 aliphatic rings. The van der Waals surface area contributed by atoms with Gasteiger partial charge < -0.3 is 5.32 Å². The number of nitrogens with zero attached hydrogens (tertiary/aromatic N) is 2. The monoisotopic (exact) mass is 280 g/mol. The zero-order chi connectivity index (χ0) is 13.8. The van der Waals surface area contributed by atoms with Gasteiger partial charge in [0.25, 0.3) is 11.6 Å². The molecule has 98 valence electrons. The summed E-state index contributed by atoms with van der Waals surface area (Å²) in [5.41, 5.74) is 2.40. The van der Waals surface area contributed by atoms with Gasteiger partial charge in [0.05, 0.1) is 10.7 Å². The van der Waals surface area contributed by atoms with Gasteiger partial charge in [-0.15, -0.1) is 5.10 Å². The van der Waals surface area contributed by atoms with E-state index in [0.717, 1.165) is 0 Å². The van der Waals surface area contributed by atoms with Gasteiger partial charge in [-0.1, -0.05) is 11.8 Å². The Kier molecular flexibility index (Phi) is 3.76. The van der Waals surface area contributed by atoms with Crippen molar-refractivity contribution in [3.63, 3.8) is 0 Å². The average Bonchev–Trinajstić information content (AvgIpc) is 2.82. The largest absolute Gasteiger partial charge is 0.303 e. The van der Waals surface area contributed by atoms with E-state index in [9.17, 15) is 19.7 Å². The van der Waals surface area contributed by atoms with E-state index in [0.29, 0.717) is 5.17 Å². The van der Waals surface area contributed by atoms with Crippen LogP contribution < -0.4 is 10.7 Å². The van der Waals surface area contributed by atoms with Gasteiger partial charge in [0, 0.05) is 17.7 Å². The molecule has 2 N–H and O–H groups in total. The number of amides is 2. The zero-order valence-electron chi connectivity index (χ0n) is 9.45. The molecular formula is C10H8N4O4S. The highest BCUT2D eigenvalue weighted by molar-refractivity contribution is 8.15. The Morgan fingerprint density at radius 1 is 1.42 bits per heavy atom. The molecule has 1 fully saturated rings. The predicted molar refractivity (Wildman–Crippen MR) is 68.6 cm³/mol. The standard InChI is InChI=1S/C10H8N4O4S/c15-8-5-19-10(11-8)13-12-9(16)6-1-3-7(4-2-6)14(17)18/h1-4H,5H2,(H,12,16)(H,11,13,15). The lowest BCUT2D eigenvalue weighted by atomic mass is 10.2. The van der Waals surface area contributed by atoms with Crippen LogP contribution in [-0.2, 0) is 4.79 Å². The molecular weight excluding hydrogens is 272 g/mol. The Morgan fingerprint density at radius 3 is 2.63 bits per heavy atom. The SMILES string of the molecule is O=C1CS/C(=N\NC(=O)c2ccc([N+](=O)[O-])cc2)N1. The van der Waals surface area contributed by atoms with Crippen molar-refractivity contribution in [2.24, 2.45) is 5.10 Å². The van der Waals surface area contributed by atoms with E-state index < -0.39 is 10.8 Å². The molecule has 0 atom stereocenters. The number of benzene rings is 1. The molecule has 1 saturated heterocycles. The third-order valence-electron chi connectivity index (χ3n) is 2.19. The molecule has 0 saturated carbocycles. The minimum absolute atomic E-state index is 0.0959. The lowest BCUT2D eigenvalue weighted by molar-refractivity contribution is -0.384. The van der Waals surface area contributed by atoms with E-state index in [1.54, 1.807) is 0 Å². The van der Waals surface area contributed by atoms with Crippen LogP contribution in [0.5, 0.6) is 0 Å². The van der Waals surface area contributed by atoms with Crippen molar-refractivity contribution in [3.05, 3.63) is 39.9 Å². The van der Waals surface area contributed by atoms with E-state index in [2.05, 4.69) is 15.8 Å². The van der Waals surface area contributed by atoms with E-state index in [-0.39, 0.29) is 22.9 Å². The number of hydrogen-bond acceptors (Lipinski definition) is 6. The zero-order valence-corrected chi connectivity index (χ0v) is 10.3. The summed E-state index contributed by atoms with van der Waals surface area (Å²) in [5.74, 6) is -0.413. The number of nitro benzene ring substituents is 1. The van der Waals surface area contributed by atoms with Crippen molar-refractivity contribution in [1.29, 1.82) is 0 Å². The molecule has 1 aromatic carbocycles. The highest BCUT2D eigenvalue weighted by Gasteiger charge is 2.17. The average molecular weight is 280 g/mol. The first kappa shape index (κ1) is 13.0. The van der Waals surface area contributed by atoms with Crippen molar-refractivity contribution in [1.82, 2.24) is 10.7 Å². The van der Waals surface area contributed by atoms with Crippen LogP contribution in [0.4, 0.5) is 5.69 Å². The molecule has 0 radical (unpaired) electrons. The van der Waals surface area contributed by atoms with Gasteiger partial charge in [-0.05, 0) is 12.1 Å². The molecule has 0 spiro atoms. The van der Waals surface area contributed by atoms with E-state index in [4.69, 9.17) is 0 Å². The topological polar surface area (TPSA) is 114 Å². The van der Waals surface area contributed by atoms with Crippen LogP contribution >= 0.6 is 11.8 Å². The van der Waals surface area contributed by atoms with Crippen LogP contribution in [0, 0.1) is 10.1 Å². The summed E-state index contributed by atoms with van der Waals surface area (Å²) >= 11 is 1.18. The third kappa shape index (κ3) is 3.28. The van der Waals surface area contributed by atoms with E-state index in [1.165, 1.54) is 36.0 Å². The molecule has 0 aromatic heterocycles. The van der Waals surface area contributed by atoms with Crippen molar-refractivity contribution in [2.45, 2.75) is 0 Å². The van der Waals surface area contributed by atoms with Crippen LogP contribution in [0.1, 0.15) is 10.4 Å². The van der Waals surface area contributed by atoms with Crippen molar-refractivity contribution in [2.75, 3.05) is 5.75 Å². The number of nitrogens with one attached hydrogen (secondary N) is 2. The van der Waals surface area contributed by atoms with Gasteiger partial charge in [0.15, 0.2) is 5.17 Å². The maximum Gasteiger partial charge on any atom is 0.271 e. The molecule has 2 rings (SSSR count). The fourth-order valence-electron chi connectivity index (χ4n) is 1.29. The number of non-ortho nitro benzene ring substituents is 1. The first-order valence-electron chi connectivity index (χ1n) is 5.11. The van der Waals surface area contributed by atoms with Crippen molar-refractivity contribution >= 4 is 34.4 Å². The number of amidine groups is 1. The molecule has 1 aromatic rings. The normalized spacial score (nSPS) is 16.2. The maximum absolute atomic E-state index is 11.7. The second kappa shape index (κ2) is 5.48. The summed E-state index contributed by atoms with van der Waals surface area (Å²) in [7, 11) is 0. The van der Waals surface area contributed by atoms with Crippen LogP contribution in [0.25, 0.3) is 0 Å². The molecule has 0 unspecified atom stereocenters.